The molecule has 0 aliphatic carbocycles. The van der Waals surface area contributed by atoms with Gasteiger partial charge in [-0.25, -0.2) is 4.98 Å². The van der Waals surface area contributed by atoms with E-state index in [0.717, 1.165) is 28.2 Å². The highest BCUT2D eigenvalue weighted by molar-refractivity contribution is 6.07. The van der Waals surface area contributed by atoms with E-state index in [1.54, 1.807) is 18.0 Å². The van der Waals surface area contributed by atoms with Gasteiger partial charge in [0.25, 0.3) is 5.91 Å². The third kappa shape index (κ3) is 3.85. The normalized spacial score (nSPS) is 10.9. The number of ether oxygens (including phenoxy) is 1. The largest absolute Gasteiger partial charge is 0.486 e. The van der Waals surface area contributed by atoms with Crippen LogP contribution in [0.15, 0.2) is 73.1 Å². The summed E-state index contributed by atoms with van der Waals surface area (Å²) in [5.41, 5.74) is 5.35. The zero-order valence-electron chi connectivity index (χ0n) is 16.8. The second-order valence-electron chi connectivity index (χ2n) is 7.14. The van der Waals surface area contributed by atoms with E-state index in [-0.39, 0.29) is 5.91 Å². The maximum atomic E-state index is 13.1. The van der Waals surface area contributed by atoms with Crippen molar-refractivity contribution in [3.05, 3.63) is 95.4 Å². The van der Waals surface area contributed by atoms with Gasteiger partial charge in [0.2, 0.25) is 0 Å². The monoisotopic (exact) mass is 385 g/mol. The van der Waals surface area contributed by atoms with E-state index < -0.39 is 0 Å². The highest BCUT2D eigenvalue weighted by Gasteiger charge is 2.18. The molecule has 0 aliphatic rings. The molecule has 4 aromatic rings. The summed E-state index contributed by atoms with van der Waals surface area (Å²) < 4.78 is 7.98. The minimum absolute atomic E-state index is 0.115. The van der Waals surface area contributed by atoms with Crippen molar-refractivity contribution in [2.45, 2.75) is 20.5 Å². The third-order valence-electron chi connectivity index (χ3n) is 4.95. The standard InChI is InChI=1S/C24H23N3O2/c1-17-10-12-20(13-11-17)26(3)24(28)21-8-4-5-9-22(21)29-16-19-15-27-14-6-7-18(2)23(27)25-19/h4-15H,16H2,1-3H3. The molecule has 5 nitrogen and oxygen atoms in total. The van der Waals surface area contributed by atoms with Gasteiger partial charge in [-0.2, -0.15) is 0 Å². The van der Waals surface area contributed by atoms with Crippen LogP contribution in [-0.2, 0) is 6.61 Å². The van der Waals surface area contributed by atoms with E-state index in [9.17, 15) is 4.79 Å². The first-order valence-corrected chi connectivity index (χ1v) is 9.52. The summed E-state index contributed by atoms with van der Waals surface area (Å²) in [6.07, 6.45) is 3.91. The van der Waals surface area contributed by atoms with Crippen LogP contribution < -0.4 is 9.64 Å². The van der Waals surface area contributed by atoms with Crippen molar-refractivity contribution >= 4 is 17.2 Å². The van der Waals surface area contributed by atoms with Crippen molar-refractivity contribution in [3.63, 3.8) is 0 Å². The number of para-hydroxylation sites is 1. The van der Waals surface area contributed by atoms with Crippen LogP contribution in [0.5, 0.6) is 5.75 Å². The molecule has 0 aliphatic heterocycles. The number of nitrogens with zero attached hydrogens (tertiary/aromatic N) is 3. The molecular formula is C24H23N3O2. The summed E-state index contributed by atoms with van der Waals surface area (Å²) in [5.74, 6) is 0.431. The van der Waals surface area contributed by atoms with Crippen molar-refractivity contribution in [1.29, 1.82) is 0 Å². The summed E-state index contributed by atoms with van der Waals surface area (Å²) in [6, 6.07) is 19.2. The fourth-order valence-corrected chi connectivity index (χ4v) is 3.26. The number of rotatable bonds is 5. The molecule has 2 heterocycles. The lowest BCUT2D eigenvalue weighted by atomic mass is 10.1. The van der Waals surface area contributed by atoms with Crippen molar-refractivity contribution in [1.82, 2.24) is 9.38 Å². The van der Waals surface area contributed by atoms with Crippen LogP contribution in [0.1, 0.15) is 27.2 Å². The fourth-order valence-electron chi connectivity index (χ4n) is 3.26. The van der Waals surface area contributed by atoms with E-state index in [1.807, 2.05) is 85.2 Å². The maximum absolute atomic E-state index is 13.1. The minimum Gasteiger partial charge on any atom is -0.486 e. The molecule has 5 heteroatoms. The van der Waals surface area contributed by atoms with E-state index >= 15 is 0 Å². The van der Waals surface area contributed by atoms with Gasteiger partial charge >= 0.3 is 0 Å². The molecule has 29 heavy (non-hydrogen) atoms. The van der Waals surface area contributed by atoms with E-state index in [1.165, 1.54) is 0 Å². The quantitative estimate of drug-likeness (QED) is 0.495. The van der Waals surface area contributed by atoms with Crippen molar-refractivity contribution in [2.75, 3.05) is 11.9 Å². The Morgan fingerprint density at radius 1 is 1.03 bits per heavy atom. The molecular weight excluding hydrogens is 362 g/mol. The number of amides is 1. The number of hydrogen-bond acceptors (Lipinski definition) is 3. The Hall–Kier alpha value is -3.60. The van der Waals surface area contributed by atoms with Gasteiger partial charge in [0.1, 0.15) is 18.0 Å². The van der Waals surface area contributed by atoms with Gasteiger partial charge in [-0.05, 0) is 49.7 Å². The molecule has 0 saturated carbocycles. The van der Waals surface area contributed by atoms with Crippen LogP contribution in [0.4, 0.5) is 5.69 Å². The fraction of sp³-hybridized carbons (Fsp3) is 0.167. The first-order valence-electron chi connectivity index (χ1n) is 9.52. The maximum Gasteiger partial charge on any atom is 0.261 e. The molecule has 0 bridgehead atoms. The molecule has 0 unspecified atom stereocenters. The van der Waals surface area contributed by atoms with E-state index in [4.69, 9.17) is 4.74 Å². The molecule has 0 radical (unpaired) electrons. The number of fused-ring (bicyclic) bond motifs is 1. The lowest BCUT2D eigenvalue weighted by molar-refractivity contribution is 0.0988. The molecule has 0 atom stereocenters. The minimum atomic E-state index is -0.115. The van der Waals surface area contributed by atoms with Crippen LogP contribution in [0.25, 0.3) is 5.65 Å². The third-order valence-corrected chi connectivity index (χ3v) is 4.95. The van der Waals surface area contributed by atoms with Gasteiger partial charge in [-0.3, -0.25) is 4.79 Å². The van der Waals surface area contributed by atoms with Crippen LogP contribution >= 0.6 is 0 Å². The summed E-state index contributed by atoms with van der Waals surface area (Å²) >= 11 is 0. The lowest BCUT2D eigenvalue weighted by Gasteiger charge is -2.19. The highest BCUT2D eigenvalue weighted by atomic mass is 16.5. The topological polar surface area (TPSA) is 46.8 Å². The average molecular weight is 385 g/mol. The molecule has 1 amide bonds. The summed E-state index contributed by atoms with van der Waals surface area (Å²) in [7, 11) is 1.77. The van der Waals surface area contributed by atoms with Gasteiger partial charge in [0, 0.05) is 25.1 Å². The zero-order valence-corrected chi connectivity index (χ0v) is 16.8. The summed E-state index contributed by atoms with van der Waals surface area (Å²) in [6.45, 7) is 4.34. The molecule has 0 N–H and O–H groups in total. The van der Waals surface area contributed by atoms with Crippen LogP contribution in [0.2, 0.25) is 0 Å². The second kappa shape index (κ2) is 7.80. The first kappa shape index (κ1) is 18.7. The SMILES string of the molecule is Cc1ccc(N(C)C(=O)c2ccccc2OCc2cn3cccc(C)c3n2)cc1. The molecule has 2 aromatic carbocycles. The van der Waals surface area contributed by atoms with E-state index in [0.29, 0.717) is 17.9 Å². The Balaban J connectivity index is 1.55. The number of aryl methyl sites for hydroxylation is 2. The van der Waals surface area contributed by atoms with Crippen molar-refractivity contribution in [2.24, 2.45) is 0 Å². The van der Waals surface area contributed by atoms with Crippen LogP contribution in [0, 0.1) is 13.8 Å². The van der Waals surface area contributed by atoms with Crippen molar-refractivity contribution in [3.8, 4) is 5.75 Å². The summed E-state index contributed by atoms with van der Waals surface area (Å²) in [4.78, 5) is 19.3. The molecule has 146 valence electrons. The zero-order chi connectivity index (χ0) is 20.4. The van der Waals surface area contributed by atoms with Gasteiger partial charge in [0.15, 0.2) is 0 Å². The molecule has 2 aromatic heterocycles. The number of carbonyl (C=O) groups excluding carboxylic acids is 1. The Kier molecular flexibility index (Phi) is 5.04. The van der Waals surface area contributed by atoms with Gasteiger partial charge in [-0.1, -0.05) is 35.9 Å². The van der Waals surface area contributed by atoms with Crippen LogP contribution in [-0.4, -0.2) is 22.3 Å². The van der Waals surface area contributed by atoms with Gasteiger partial charge in [0.05, 0.1) is 11.3 Å². The van der Waals surface area contributed by atoms with Crippen molar-refractivity contribution < 1.29 is 9.53 Å². The number of benzene rings is 2. The first-order chi connectivity index (χ1) is 14.0. The number of pyridine rings is 1. The van der Waals surface area contributed by atoms with E-state index in [2.05, 4.69) is 4.98 Å². The number of aromatic nitrogens is 2. The molecule has 4 rings (SSSR count). The Bertz CT molecular complexity index is 1160. The lowest BCUT2D eigenvalue weighted by Crippen LogP contribution is -2.26. The highest BCUT2D eigenvalue weighted by Crippen LogP contribution is 2.24. The predicted molar refractivity (Wildman–Crippen MR) is 115 cm³/mol. The Labute approximate surface area is 170 Å². The van der Waals surface area contributed by atoms with Gasteiger partial charge < -0.3 is 14.0 Å². The number of imidazole rings is 1. The number of carbonyl (C=O) groups is 1. The number of anilines is 1. The van der Waals surface area contributed by atoms with Gasteiger partial charge in [-0.15, -0.1) is 0 Å². The Morgan fingerprint density at radius 3 is 2.55 bits per heavy atom. The van der Waals surface area contributed by atoms with Crippen LogP contribution in [0.3, 0.4) is 0 Å². The average Bonchev–Trinajstić information content (AvgIpc) is 3.16. The molecule has 0 fully saturated rings. The summed E-state index contributed by atoms with van der Waals surface area (Å²) in [5, 5.41) is 0. The molecule has 0 saturated heterocycles. The smallest absolute Gasteiger partial charge is 0.261 e. The number of hydrogen-bond donors (Lipinski definition) is 0. The second-order valence-corrected chi connectivity index (χ2v) is 7.14. The predicted octanol–water partition coefficient (Wildman–Crippen LogP) is 4.81. The Morgan fingerprint density at radius 2 is 1.79 bits per heavy atom. The molecule has 0 spiro atoms.